The number of rotatable bonds is 3. The van der Waals surface area contributed by atoms with Crippen LogP contribution in [0.2, 0.25) is 5.02 Å². The molecule has 0 saturated carbocycles. The van der Waals surface area contributed by atoms with E-state index in [1.54, 1.807) is 0 Å². The van der Waals surface area contributed by atoms with Crippen molar-refractivity contribution < 1.29 is 0 Å². The van der Waals surface area contributed by atoms with Crippen LogP contribution in [0.3, 0.4) is 0 Å². The summed E-state index contributed by atoms with van der Waals surface area (Å²) in [6.07, 6.45) is 2.02. The van der Waals surface area contributed by atoms with Crippen molar-refractivity contribution in [3.63, 3.8) is 0 Å². The van der Waals surface area contributed by atoms with E-state index in [2.05, 4.69) is 28.3 Å². The van der Waals surface area contributed by atoms with E-state index in [1.807, 2.05) is 42.6 Å². The number of nitrogens with zero attached hydrogens (tertiary/aromatic N) is 3. The first-order valence-electron chi connectivity index (χ1n) is 6.85. The molecule has 1 N–H and O–H groups in total. The van der Waals surface area contributed by atoms with E-state index < -0.39 is 0 Å². The molecule has 3 rings (SSSR count). The number of aryl methyl sites for hydroxylation is 3. The lowest BCUT2D eigenvalue weighted by Gasteiger charge is -2.08. The molecule has 2 aromatic heterocycles. The van der Waals surface area contributed by atoms with Gasteiger partial charge < -0.3 is 5.32 Å². The Bertz CT molecular complexity index is 807. The second kappa shape index (κ2) is 5.37. The third-order valence-corrected chi connectivity index (χ3v) is 3.69. The summed E-state index contributed by atoms with van der Waals surface area (Å²) in [6, 6.07) is 7.87. The van der Waals surface area contributed by atoms with Crippen molar-refractivity contribution in [2.24, 2.45) is 0 Å². The van der Waals surface area contributed by atoms with Crippen molar-refractivity contribution in [1.29, 1.82) is 0 Å². The topological polar surface area (TPSA) is 42.2 Å². The van der Waals surface area contributed by atoms with Gasteiger partial charge in [0.25, 0.3) is 0 Å². The molecule has 5 heteroatoms. The van der Waals surface area contributed by atoms with Gasteiger partial charge in [-0.05, 0) is 50.6 Å². The summed E-state index contributed by atoms with van der Waals surface area (Å²) in [4.78, 5) is 9.01. The Balaban J connectivity index is 1.83. The van der Waals surface area contributed by atoms with Crippen LogP contribution < -0.4 is 5.32 Å². The molecule has 1 aromatic carbocycles. The number of hydrogen-bond acceptors (Lipinski definition) is 3. The maximum atomic E-state index is 5.97. The van der Waals surface area contributed by atoms with Crippen LogP contribution in [-0.4, -0.2) is 14.4 Å². The van der Waals surface area contributed by atoms with E-state index in [-0.39, 0.29) is 0 Å². The SMILES string of the molecule is Cc1cc(C)n2cc(CNc3ccc(Cl)cc3C)nc2n1. The second-order valence-corrected chi connectivity index (χ2v) is 5.69. The van der Waals surface area contributed by atoms with E-state index in [0.29, 0.717) is 6.54 Å². The Morgan fingerprint density at radius 1 is 1.14 bits per heavy atom. The van der Waals surface area contributed by atoms with Crippen LogP contribution in [0.5, 0.6) is 0 Å². The molecule has 21 heavy (non-hydrogen) atoms. The number of imidazole rings is 1. The average molecular weight is 301 g/mol. The van der Waals surface area contributed by atoms with E-state index >= 15 is 0 Å². The maximum absolute atomic E-state index is 5.97. The largest absolute Gasteiger partial charge is 0.379 e. The Labute approximate surface area is 128 Å². The average Bonchev–Trinajstić information content (AvgIpc) is 2.81. The molecule has 0 saturated heterocycles. The van der Waals surface area contributed by atoms with Crippen LogP contribution in [0.25, 0.3) is 5.78 Å². The molecule has 0 radical (unpaired) electrons. The van der Waals surface area contributed by atoms with Gasteiger partial charge in [-0.3, -0.25) is 4.40 Å². The molecule has 0 bridgehead atoms. The highest BCUT2D eigenvalue weighted by Gasteiger charge is 2.06. The van der Waals surface area contributed by atoms with Crippen molar-refractivity contribution in [3.05, 3.63) is 58.1 Å². The number of benzene rings is 1. The summed E-state index contributed by atoms with van der Waals surface area (Å²) >= 11 is 5.97. The van der Waals surface area contributed by atoms with Gasteiger partial charge in [-0.15, -0.1) is 0 Å². The zero-order valence-electron chi connectivity index (χ0n) is 12.3. The molecule has 4 nitrogen and oxygen atoms in total. The molecule has 2 heterocycles. The third kappa shape index (κ3) is 2.85. The van der Waals surface area contributed by atoms with Crippen molar-refractivity contribution >= 4 is 23.1 Å². The fourth-order valence-corrected chi connectivity index (χ4v) is 2.64. The fraction of sp³-hybridized carbons (Fsp3) is 0.250. The summed E-state index contributed by atoms with van der Waals surface area (Å²) in [5, 5.41) is 4.14. The first-order chi connectivity index (χ1) is 10.0. The molecule has 3 aromatic rings. The number of anilines is 1. The third-order valence-electron chi connectivity index (χ3n) is 3.46. The molecular formula is C16H17ClN4. The quantitative estimate of drug-likeness (QED) is 0.797. The number of fused-ring (bicyclic) bond motifs is 1. The first-order valence-corrected chi connectivity index (χ1v) is 7.23. The van der Waals surface area contributed by atoms with Gasteiger partial charge in [0.1, 0.15) is 0 Å². The van der Waals surface area contributed by atoms with Crippen LogP contribution in [-0.2, 0) is 6.54 Å². The van der Waals surface area contributed by atoms with Crippen molar-refractivity contribution in [1.82, 2.24) is 14.4 Å². The van der Waals surface area contributed by atoms with Gasteiger partial charge in [0.15, 0.2) is 0 Å². The molecule has 0 amide bonds. The monoisotopic (exact) mass is 300 g/mol. The van der Waals surface area contributed by atoms with Gasteiger partial charge >= 0.3 is 0 Å². The first kappa shape index (κ1) is 13.9. The highest BCUT2D eigenvalue weighted by molar-refractivity contribution is 6.30. The number of hydrogen-bond donors (Lipinski definition) is 1. The van der Waals surface area contributed by atoms with Gasteiger partial charge in [0, 0.05) is 28.3 Å². The van der Waals surface area contributed by atoms with E-state index in [0.717, 1.165) is 39.1 Å². The zero-order chi connectivity index (χ0) is 15.0. The van der Waals surface area contributed by atoms with Gasteiger partial charge in [-0.25, -0.2) is 9.97 Å². The highest BCUT2D eigenvalue weighted by Crippen LogP contribution is 2.20. The van der Waals surface area contributed by atoms with Crippen molar-refractivity contribution in [2.45, 2.75) is 27.3 Å². The number of aromatic nitrogens is 3. The molecule has 0 atom stereocenters. The van der Waals surface area contributed by atoms with Crippen LogP contribution in [0.4, 0.5) is 5.69 Å². The molecule has 0 fully saturated rings. The number of nitrogens with one attached hydrogen (secondary N) is 1. The van der Waals surface area contributed by atoms with Crippen LogP contribution in [0.1, 0.15) is 22.6 Å². The number of halogens is 1. The Morgan fingerprint density at radius 2 is 1.95 bits per heavy atom. The molecule has 0 aliphatic heterocycles. The second-order valence-electron chi connectivity index (χ2n) is 5.25. The lowest BCUT2D eigenvalue weighted by atomic mass is 10.2. The smallest absolute Gasteiger partial charge is 0.234 e. The zero-order valence-corrected chi connectivity index (χ0v) is 13.1. The fourth-order valence-electron chi connectivity index (χ4n) is 2.41. The predicted molar refractivity (Wildman–Crippen MR) is 86.0 cm³/mol. The molecule has 0 unspecified atom stereocenters. The van der Waals surface area contributed by atoms with Gasteiger partial charge in [-0.1, -0.05) is 11.6 Å². The molecular weight excluding hydrogens is 284 g/mol. The van der Waals surface area contributed by atoms with Gasteiger partial charge in [0.2, 0.25) is 5.78 Å². The highest BCUT2D eigenvalue weighted by atomic mass is 35.5. The van der Waals surface area contributed by atoms with E-state index in [1.165, 1.54) is 0 Å². The summed E-state index contributed by atoms with van der Waals surface area (Å²) in [5.74, 6) is 0.747. The minimum atomic E-state index is 0.657. The van der Waals surface area contributed by atoms with Crippen molar-refractivity contribution in [3.8, 4) is 0 Å². The summed E-state index contributed by atoms with van der Waals surface area (Å²) in [7, 11) is 0. The Kier molecular flexibility index (Phi) is 3.55. The molecule has 0 aliphatic carbocycles. The Hall–Kier alpha value is -2.07. The van der Waals surface area contributed by atoms with Gasteiger partial charge in [-0.2, -0.15) is 0 Å². The standard InChI is InChI=1S/C16H17ClN4/c1-10-6-13(17)4-5-15(10)18-8-14-9-21-12(3)7-11(2)19-16(21)20-14/h4-7,9,18H,8H2,1-3H3. The minimum absolute atomic E-state index is 0.657. The van der Waals surface area contributed by atoms with Crippen LogP contribution in [0, 0.1) is 20.8 Å². The Morgan fingerprint density at radius 3 is 2.71 bits per heavy atom. The van der Waals surface area contributed by atoms with Crippen molar-refractivity contribution in [2.75, 3.05) is 5.32 Å². The molecule has 108 valence electrons. The van der Waals surface area contributed by atoms with Crippen LogP contribution in [0.15, 0.2) is 30.5 Å². The summed E-state index contributed by atoms with van der Waals surface area (Å²) in [6.45, 7) is 6.73. The predicted octanol–water partition coefficient (Wildman–Crippen LogP) is 3.92. The van der Waals surface area contributed by atoms with E-state index in [9.17, 15) is 0 Å². The lowest BCUT2D eigenvalue weighted by Crippen LogP contribution is -2.01. The van der Waals surface area contributed by atoms with Gasteiger partial charge in [0.05, 0.1) is 12.2 Å². The normalized spacial score (nSPS) is 11.0. The minimum Gasteiger partial charge on any atom is -0.379 e. The summed E-state index contributed by atoms with van der Waals surface area (Å²) < 4.78 is 2.01. The summed E-state index contributed by atoms with van der Waals surface area (Å²) in [5.41, 5.74) is 5.27. The molecule has 0 aliphatic rings. The molecule has 0 spiro atoms. The maximum Gasteiger partial charge on any atom is 0.234 e. The van der Waals surface area contributed by atoms with E-state index in [4.69, 9.17) is 11.6 Å². The lowest BCUT2D eigenvalue weighted by molar-refractivity contribution is 1.01. The van der Waals surface area contributed by atoms with Crippen LogP contribution >= 0.6 is 11.6 Å².